The van der Waals surface area contributed by atoms with Crippen molar-refractivity contribution < 1.29 is 14.3 Å². The number of fused-ring (bicyclic) bond motifs is 1. The maximum atomic E-state index is 12.9. The SMILES string of the molecule is CCn1ncc2c(C(=O)OCC(=O)Nc3ccc(C#N)c(Cl)c3)cc(-c3ccccc3)nc21. The van der Waals surface area contributed by atoms with Crippen LogP contribution in [-0.2, 0) is 16.1 Å². The Bertz CT molecular complexity index is 1390. The first-order chi connectivity index (χ1) is 16.0. The number of halogens is 1. The molecule has 2 aromatic carbocycles. The third-order valence-electron chi connectivity index (χ3n) is 4.91. The first-order valence-corrected chi connectivity index (χ1v) is 10.5. The van der Waals surface area contributed by atoms with E-state index in [0.717, 1.165) is 5.56 Å². The Morgan fingerprint density at radius 3 is 2.67 bits per heavy atom. The van der Waals surface area contributed by atoms with E-state index in [2.05, 4.69) is 15.4 Å². The third-order valence-corrected chi connectivity index (χ3v) is 5.22. The number of benzene rings is 2. The van der Waals surface area contributed by atoms with Crippen LogP contribution < -0.4 is 5.32 Å². The molecule has 33 heavy (non-hydrogen) atoms. The van der Waals surface area contributed by atoms with Crippen LogP contribution in [0.4, 0.5) is 5.69 Å². The summed E-state index contributed by atoms with van der Waals surface area (Å²) in [5.41, 5.74) is 2.96. The van der Waals surface area contributed by atoms with Gasteiger partial charge in [0.1, 0.15) is 6.07 Å². The molecule has 1 N–H and O–H groups in total. The topological polar surface area (TPSA) is 110 Å². The van der Waals surface area contributed by atoms with Crippen molar-refractivity contribution in [3.8, 4) is 17.3 Å². The quantitative estimate of drug-likeness (QED) is 0.427. The molecule has 0 saturated carbocycles. The lowest BCUT2D eigenvalue weighted by molar-refractivity contribution is -0.119. The molecular formula is C24H18ClN5O3. The van der Waals surface area contributed by atoms with E-state index in [-0.39, 0.29) is 10.6 Å². The molecule has 4 rings (SSSR count). The lowest BCUT2D eigenvalue weighted by atomic mass is 10.1. The molecule has 2 aromatic heterocycles. The minimum Gasteiger partial charge on any atom is -0.452 e. The normalized spacial score (nSPS) is 10.6. The van der Waals surface area contributed by atoms with Gasteiger partial charge in [-0.25, -0.2) is 14.5 Å². The molecule has 164 valence electrons. The first-order valence-electron chi connectivity index (χ1n) is 10.1. The number of carbonyl (C=O) groups is 2. The highest BCUT2D eigenvalue weighted by molar-refractivity contribution is 6.32. The summed E-state index contributed by atoms with van der Waals surface area (Å²) in [6.07, 6.45) is 1.57. The maximum Gasteiger partial charge on any atom is 0.339 e. The van der Waals surface area contributed by atoms with Crippen molar-refractivity contribution in [2.45, 2.75) is 13.5 Å². The van der Waals surface area contributed by atoms with Crippen LogP contribution in [0.15, 0.2) is 60.8 Å². The Labute approximate surface area is 194 Å². The number of pyridine rings is 1. The van der Waals surface area contributed by atoms with Crippen molar-refractivity contribution in [1.82, 2.24) is 14.8 Å². The summed E-state index contributed by atoms with van der Waals surface area (Å²) in [5.74, 6) is -1.20. The standard InChI is InChI=1S/C24H18ClN5O3/c1-2-30-23-19(13-27-30)18(11-21(29-23)15-6-4-3-5-7-15)24(32)33-14-22(31)28-17-9-8-16(12-26)20(25)10-17/h3-11,13H,2,14H2,1H3,(H,28,31). The average molecular weight is 460 g/mol. The van der Waals surface area contributed by atoms with Crippen LogP contribution in [0.2, 0.25) is 5.02 Å². The molecule has 0 radical (unpaired) electrons. The lowest BCUT2D eigenvalue weighted by Crippen LogP contribution is -2.21. The molecule has 0 unspecified atom stereocenters. The Morgan fingerprint density at radius 1 is 1.18 bits per heavy atom. The number of amides is 1. The van der Waals surface area contributed by atoms with Gasteiger partial charge in [-0.15, -0.1) is 0 Å². The largest absolute Gasteiger partial charge is 0.452 e. The second kappa shape index (κ2) is 9.51. The number of carbonyl (C=O) groups excluding carboxylic acids is 2. The van der Waals surface area contributed by atoms with Gasteiger partial charge in [0.05, 0.1) is 33.4 Å². The molecule has 9 heteroatoms. The van der Waals surface area contributed by atoms with Crippen LogP contribution in [0.25, 0.3) is 22.3 Å². The van der Waals surface area contributed by atoms with E-state index in [1.807, 2.05) is 43.3 Å². The Hall–Kier alpha value is -4.22. The summed E-state index contributed by atoms with van der Waals surface area (Å²) >= 11 is 5.98. The molecule has 2 heterocycles. The zero-order valence-electron chi connectivity index (χ0n) is 17.6. The lowest BCUT2D eigenvalue weighted by Gasteiger charge is -2.10. The van der Waals surface area contributed by atoms with Crippen molar-refractivity contribution >= 4 is 40.2 Å². The molecule has 0 saturated heterocycles. The average Bonchev–Trinajstić information content (AvgIpc) is 3.25. The number of ether oxygens (including phenoxy) is 1. The summed E-state index contributed by atoms with van der Waals surface area (Å²) in [6.45, 7) is 2.02. The second-order valence-corrected chi connectivity index (χ2v) is 7.46. The Morgan fingerprint density at radius 2 is 1.97 bits per heavy atom. The first kappa shape index (κ1) is 22.0. The molecule has 4 aromatic rings. The van der Waals surface area contributed by atoms with Crippen molar-refractivity contribution in [2.24, 2.45) is 0 Å². The van der Waals surface area contributed by atoms with E-state index in [1.54, 1.807) is 23.0 Å². The fraction of sp³-hybridized carbons (Fsp3) is 0.125. The molecule has 0 bridgehead atoms. The van der Waals surface area contributed by atoms with Gasteiger partial charge in [0, 0.05) is 17.8 Å². The minimum atomic E-state index is -0.664. The van der Waals surface area contributed by atoms with Gasteiger partial charge in [0.15, 0.2) is 12.3 Å². The fourth-order valence-electron chi connectivity index (χ4n) is 3.29. The second-order valence-electron chi connectivity index (χ2n) is 7.05. The van der Waals surface area contributed by atoms with Gasteiger partial charge < -0.3 is 10.1 Å². The minimum absolute atomic E-state index is 0.216. The maximum absolute atomic E-state index is 12.9. The molecule has 0 aliphatic rings. The zero-order valence-corrected chi connectivity index (χ0v) is 18.3. The number of hydrogen-bond donors (Lipinski definition) is 1. The van der Waals surface area contributed by atoms with Gasteiger partial charge in [-0.1, -0.05) is 41.9 Å². The summed E-state index contributed by atoms with van der Waals surface area (Å²) in [6, 6.07) is 17.5. The van der Waals surface area contributed by atoms with Crippen molar-refractivity contribution in [2.75, 3.05) is 11.9 Å². The molecule has 1 amide bonds. The third kappa shape index (κ3) is 4.68. The monoisotopic (exact) mass is 459 g/mol. The number of nitrogens with zero attached hydrogens (tertiary/aromatic N) is 4. The van der Waals surface area contributed by atoms with Gasteiger partial charge in [-0.2, -0.15) is 10.4 Å². The molecule has 8 nitrogen and oxygen atoms in total. The highest BCUT2D eigenvalue weighted by Crippen LogP contribution is 2.25. The smallest absolute Gasteiger partial charge is 0.339 e. The van der Waals surface area contributed by atoms with Crippen LogP contribution in [-0.4, -0.2) is 33.2 Å². The number of anilines is 1. The van der Waals surface area contributed by atoms with Crippen LogP contribution in [0, 0.1) is 11.3 Å². The number of rotatable bonds is 6. The van der Waals surface area contributed by atoms with E-state index in [4.69, 9.17) is 21.6 Å². The van der Waals surface area contributed by atoms with Crippen LogP contribution in [0.5, 0.6) is 0 Å². The van der Waals surface area contributed by atoms with E-state index in [0.29, 0.717) is 34.5 Å². The van der Waals surface area contributed by atoms with E-state index < -0.39 is 18.5 Å². The van der Waals surface area contributed by atoms with E-state index in [1.165, 1.54) is 12.1 Å². The molecule has 0 fully saturated rings. The fourth-order valence-corrected chi connectivity index (χ4v) is 3.52. The molecule has 0 atom stereocenters. The molecule has 0 spiro atoms. The summed E-state index contributed by atoms with van der Waals surface area (Å²) in [7, 11) is 0. The van der Waals surface area contributed by atoms with Crippen LogP contribution >= 0.6 is 11.6 Å². The van der Waals surface area contributed by atoms with Crippen molar-refractivity contribution in [3.63, 3.8) is 0 Å². The van der Waals surface area contributed by atoms with Crippen LogP contribution in [0.1, 0.15) is 22.8 Å². The number of hydrogen-bond acceptors (Lipinski definition) is 6. The summed E-state index contributed by atoms with van der Waals surface area (Å²) < 4.78 is 6.97. The molecule has 0 aliphatic carbocycles. The van der Waals surface area contributed by atoms with E-state index >= 15 is 0 Å². The number of aryl methyl sites for hydroxylation is 1. The highest BCUT2D eigenvalue weighted by atomic mass is 35.5. The number of nitrogens with one attached hydrogen (secondary N) is 1. The predicted octanol–water partition coefficient (Wildman–Crippen LogP) is 4.44. The summed E-state index contributed by atoms with van der Waals surface area (Å²) in [5, 5.41) is 16.6. The Kier molecular flexibility index (Phi) is 6.33. The number of nitriles is 1. The molecule has 0 aliphatic heterocycles. The zero-order chi connectivity index (χ0) is 23.4. The number of esters is 1. The number of aromatic nitrogens is 3. The molecular weight excluding hydrogens is 442 g/mol. The van der Waals surface area contributed by atoms with Crippen LogP contribution in [0.3, 0.4) is 0 Å². The van der Waals surface area contributed by atoms with Crippen molar-refractivity contribution in [3.05, 3.63) is 76.9 Å². The van der Waals surface area contributed by atoms with Gasteiger partial charge >= 0.3 is 5.97 Å². The summed E-state index contributed by atoms with van der Waals surface area (Å²) in [4.78, 5) is 29.9. The van der Waals surface area contributed by atoms with Gasteiger partial charge in [-0.3, -0.25) is 4.79 Å². The van der Waals surface area contributed by atoms with Gasteiger partial charge in [0.25, 0.3) is 5.91 Å². The van der Waals surface area contributed by atoms with Crippen molar-refractivity contribution in [1.29, 1.82) is 5.26 Å². The highest BCUT2D eigenvalue weighted by Gasteiger charge is 2.19. The Balaban J connectivity index is 1.55. The van der Waals surface area contributed by atoms with Gasteiger partial charge in [0.2, 0.25) is 0 Å². The van der Waals surface area contributed by atoms with Gasteiger partial charge in [-0.05, 0) is 31.2 Å². The predicted molar refractivity (Wildman–Crippen MR) is 124 cm³/mol. The van der Waals surface area contributed by atoms with E-state index in [9.17, 15) is 9.59 Å².